The van der Waals surface area contributed by atoms with Crippen molar-refractivity contribution in [1.29, 1.82) is 0 Å². The van der Waals surface area contributed by atoms with Crippen LogP contribution in [0.3, 0.4) is 0 Å². The van der Waals surface area contributed by atoms with E-state index >= 15 is 0 Å². The third kappa shape index (κ3) is 9.05. The number of nitrogens with zero attached hydrogens (tertiary/aromatic N) is 5. The molecule has 0 saturated heterocycles. The van der Waals surface area contributed by atoms with E-state index in [4.69, 9.17) is 23.2 Å². The highest BCUT2D eigenvalue weighted by molar-refractivity contribution is 6.42. The Kier molecular flexibility index (Phi) is 8.17. The minimum Gasteiger partial charge on any atom is -0.454 e. The number of anilines is 2. The third-order valence-electron chi connectivity index (χ3n) is 3.71. The molecule has 0 saturated carbocycles. The van der Waals surface area contributed by atoms with Crippen LogP contribution in [0.5, 0.6) is 11.8 Å². The van der Waals surface area contributed by atoms with Crippen LogP contribution >= 0.6 is 23.2 Å². The molecular formula is C19H12Cl2F6N6O2. The topological polar surface area (TPSA) is 93.9 Å². The third-order valence-corrected chi connectivity index (χ3v) is 4.45. The van der Waals surface area contributed by atoms with Gasteiger partial charge in [-0.1, -0.05) is 29.3 Å². The number of alkyl halides is 6. The molecule has 0 aliphatic heterocycles. The predicted molar refractivity (Wildman–Crippen MR) is 112 cm³/mol. The van der Waals surface area contributed by atoms with Crippen molar-refractivity contribution in [1.82, 2.24) is 15.0 Å². The summed E-state index contributed by atoms with van der Waals surface area (Å²) in [5, 5.41) is 10.9. The van der Waals surface area contributed by atoms with E-state index in [0.717, 1.165) is 12.1 Å². The van der Waals surface area contributed by atoms with Crippen LogP contribution in [0.4, 0.5) is 43.9 Å². The average Bonchev–Trinajstić information content (AvgIpc) is 2.75. The minimum absolute atomic E-state index is 0.0186. The Morgan fingerprint density at radius 2 is 1.60 bits per heavy atom. The number of azo groups is 1. The molecule has 8 nitrogen and oxygen atoms in total. The highest BCUT2D eigenvalue weighted by atomic mass is 35.5. The lowest BCUT2D eigenvalue weighted by molar-refractivity contribution is -0.274. The number of rotatable bonds is 8. The van der Waals surface area contributed by atoms with E-state index in [1.165, 1.54) is 12.1 Å². The molecule has 3 rings (SSSR count). The molecule has 35 heavy (non-hydrogen) atoms. The number of aromatic nitrogens is 3. The Balaban J connectivity index is 1.79. The molecule has 0 aliphatic carbocycles. The lowest BCUT2D eigenvalue weighted by atomic mass is 10.2. The maximum Gasteiger partial charge on any atom is 0.573 e. The molecule has 186 valence electrons. The van der Waals surface area contributed by atoms with E-state index < -0.39 is 36.9 Å². The molecule has 0 radical (unpaired) electrons. The van der Waals surface area contributed by atoms with Crippen molar-refractivity contribution in [2.75, 3.05) is 11.9 Å². The van der Waals surface area contributed by atoms with Gasteiger partial charge in [0.05, 0.1) is 16.6 Å². The van der Waals surface area contributed by atoms with Gasteiger partial charge in [0.1, 0.15) is 5.75 Å². The summed E-state index contributed by atoms with van der Waals surface area (Å²) in [6.45, 7) is -1.66. The van der Waals surface area contributed by atoms with Crippen LogP contribution in [0, 0.1) is 0 Å². The molecule has 0 bridgehead atoms. The fourth-order valence-corrected chi connectivity index (χ4v) is 2.67. The summed E-state index contributed by atoms with van der Waals surface area (Å²) in [5.41, 5.74) is 0.816. The van der Waals surface area contributed by atoms with Crippen molar-refractivity contribution in [3.63, 3.8) is 0 Å². The smallest absolute Gasteiger partial charge is 0.454 e. The molecule has 1 N–H and O–H groups in total. The zero-order valence-corrected chi connectivity index (χ0v) is 18.5. The summed E-state index contributed by atoms with van der Waals surface area (Å²) in [4.78, 5) is 11.3. The Labute approximate surface area is 202 Å². The maximum absolute atomic E-state index is 12.5. The average molecular weight is 541 g/mol. The van der Waals surface area contributed by atoms with Crippen molar-refractivity contribution < 1.29 is 35.8 Å². The highest BCUT2D eigenvalue weighted by Crippen LogP contribution is 2.26. The van der Waals surface area contributed by atoms with E-state index in [2.05, 4.69) is 40.0 Å². The number of hydrogen-bond donors (Lipinski definition) is 1. The van der Waals surface area contributed by atoms with Gasteiger partial charge in [0.25, 0.3) is 5.95 Å². The van der Waals surface area contributed by atoms with Crippen molar-refractivity contribution >= 4 is 40.8 Å². The second-order valence-corrected chi connectivity index (χ2v) is 7.31. The van der Waals surface area contributed by atoms with Crippen LogP contribution in [0.25, 0.3) is 0 Å². The van der Waals surface area contributed by atoms with E-state index in [0.29, 0.717) is 15.6 Å². The van der Waals surface area contributed by atoms with Gasteiger partial charge in [-0.05, 0) is 42.0 Å². The highest BCUT2D eigenvalue weighted by Gasteiger charge is 2.31. The fourth-order valence-electron chi connectivity index (χ4n) is 2.34. The zero-order valence-electron chi connectivity index (χ0n) is 17.0. The van der Waals surface area contributed by atoms with Crippen LogP contribution < -0.4 is 14.8 Å². The standard InChI is InChI=1S/C19H12Cl2F6N6O2/c20-13-6-1-10(7-14(13)21)8-28-33-16-30-15(31-17(32-16)34-9-18(22,23)24)29-11-2-4-12(5-3-11)35-19(25,26)27/h1-7H,8-9H2,(H,29,30,31,32). The maximum atomic E-state index is 12.5. The SMILES string of the molecule is FC(F)(F)COc1nc(N=NCc2ccc(Cl)c(Cl)c2)nc(Nc2ccc(OC(F)(F)F)cc2)n1. The summed E-state index contributed by atoms with van der Waals surface area (Å²) in [6.07, 6.45) is -9.53. The van der Waals surface area contributed by atoms with Gasteiger partial charge in [0, 0.05) is 5.69 Å². The molecular weight excluding hydrogens is 529 g/mol. The van der Waals surface area contributed by atoms with Gasteiger partial charge < -0.3 is 14.8 Å². The molecule has 0 amide bonds. The quantitative estimate of drug-likeness (QED) is 0.243. The number of benzene rings is 2. The summed E-state index contributed by atoms with van der Waals surface area (Å²) in [6, 6.07) is 8.45. The molecule has 0 spiro atoms. The lowest BCUT2D eigenvalue weighted by Crippen LogP contribution is -2.20. The Morgan fingerprint density at radius 1 is 0.886 bits per heavy atom. The lowest BCUT2D eigenvalue weighted by Gasteiger charge is -2.11. The van der Waals surface area contributed by atoms with E-state index in [9.17, 15) is 26.3 Å². The van der Waals surface area contributed by atoms with E-state index in [1.807, 2.05) is 0 Å². The molecule has 0 unspecified atom stereocenters. The van der Waals surface area contributed by atoms with Gasteiger partial charge >= 0.3 is 18.5 Å². The fraction of sp³-hybridized carbons (Fsp3) is 0.211. The molecule has 1 aromatic heterocycles. The summed E-state index contributed by atoms with van der Waals surface area (Å²) in [7, 11) is 0. The Bertz CT molecular complexity index is 1190. The first-order chi connectivity index (χ1) is 16.4. The van der Waals surface area contributed by atoms with Gasteiger partial charge in [-0.2, -0.15) is 33.2 Å². The zero-order chi connectivity index (χ0) is 25.6. The largest absolute Gasteiger partial charge is 0.573 e. The molecule has 0 aliphatic rings. The molecule has 1 heterocycles. The van der Waals surface area contributed by atoms with Crippen LogP contribution in [0.2, 0.25) is 10.0 Å². The summed E-state index contributed by atoms with van der Waals surface area (Å²) in [5.74, 6) is -1.17. The van der Waals surface area contributed by atoms with Gasteiger partial charge in [-0.15, -0.1) is 18.3 Å². The van der Waals surface area contributed by atoms with Gasteiger partial charge in [-0.25, -0.2) is 0 Å². The summed E-state index contributed by atoms with van der Waals surface area (Å²) < 4.78 is 82.8. The number of hydrogen-bond acceptors (Lipinski definition) is 8. The van der Waals surface area contributed by atoms with Crippen LogP contribution in [0.1, 0.15) is 5.56 Å². The van der Waals surface area contributed by atoms with Crippen molar-refractivity contribution in [3.8, 4) is 11.8 Å². The van der Waals surface area contributed by atoms with Crippen molar-refractivity contribution in [2.45, 2.75) is 19.1 Å². The van der Waals surface area contributed by atoms with Gasteiger partial charge in [0.15, 0.2) is 6.61 Å². The first-order valence-electron chi connectivity index (χ1n) is 9.26. The Hall–Kier alpha value is -3.39. The van der Waals surface area contributed by atoms with E-state index in [1.54, 1.807) is 18.2 Å². The van der Waals surface area contributed by atoms with Crippen LogP contribution in [-0.4, -0.2) is 34.1 Å². The monoisotopic (exact) mass is 540 g/mol. The Morgan fingerprint density at radius 3 is 2.23 bits per heavy atom. The molecule has 0 atom stereocenters. The van der Waals surface area contributed by atoms with Gasteiger partial charge in [-0.3, -0.25) is 0 Å². The number of nitrogens with one attached hydrogen (secondary N) is 1. The first-order valence-corrected chi connectivity index (χ1v) is 10.0. The van der Waals surface area contributed by atoms with E-state index in [-0.39, 0.29) is 18.2 Å². The van der Waals surface area contributed by atoms with Crippen LogP contribution in [-0.2, 0) is 6.54 Å². The second-order valence-electron chi connectivity index (χ2n) is 6.49. The minimum atomic E-state index is -4.87. The molecule has 3 aromatic rings. The number of halogens is 8. The molecule has 16 heteroatoms. The molecule has 2 aromatic carbocycles. The van der Waals surface area contributed by atoms with Gasteiger partial charge in [0.2, 0.25) is 5.95 Å². The number of ether oxygens (including phenoxy) is 2. The predicted octanol–water partition coefficient (Wildman–Crippen LogP) is 7.05. The second kappa shape index (κ2) is 10.9. The summed E-state index contributed by atoms with van der Waals surface area (Å²) >= 11 is 11.8. The first kappa shape index (κ1) is 26.2. The van der Waals surface area contributed by atoms with Crippen LogP contribution in [0.15, 0.2) is 52.7 Å². The normalized spacial score (nSPS) is 12.1. The molecule has 0 fully saturated rings. The van der Waals surface area contributed by atoms with Crippen molar-refractivity contribution in [2.24, 2.45) is 10.2 Å². The van der Waals surface area contributed by atoms with Crippen molar-refractivity contribution in [3.05, 3.63) is 58.1 Å².